The summed E-state index contributed by atoms with van der Waals surface area (Å²) in [6.07, 6.45) is 1.40. The van der Waals surface area contributed by atoms with Crippen LogP contribution in [0.2, 0.25) is 0 Å². The second-order valence-electron chi connectivity index (χ2n) is 7.03. The van der Waals surface area contributed by atoms with Gasteiger partial charge in [-0.2, -0.15) is 0 Å². The van der Waals surface area contributed by atoms with Crippen molar-refractivity contribution in [2.45, 2.75) is 16.2 Å². The fraction of sp³-hybridized carbons (Fsp3) is 0.160. The quantitative estimate of drug-likeness (QED) is 0.559. The number of carbonyl (C=O) groups excluding carboxylic acids is 1. The zero-order valence-electron chi connectivity index (χ0n) is 16.4. The number of carbonyl (C=O) groups is 1. The van der Waals surface area contributed by atoms with Gasteiger partial charge >= 0.3 is 0 Å². The number of hydrogen-bond acceptors (Lipinski definition) is 3. The zero-order chi connectivity index (χ0) is 20.3. The smallest absolute Gasteiger partial charge is 0.246 e. The number of nitrogens with zero attached hydrogens (tertiary/aromatic N) is 1. The molecule has 0 saturated carbocycles. The highest BCUT2D eigenvalue weighted by molar-refractivity contribution is 8.00. The minimum absolute atomic E-state index is 0.0643. The lowest BCUT2D eigenvalue weighted by atomic mass is 9.89. The number of benzene rings is 3. The maximum atomic E-state index is 12.8. The van der Waals surface area contributed by atoms with Crippen molar-refractivity contribution in [3.05, 3.63) is 108 Å². The number of ether oxygens (including phenoxy) is 1. The molecule has 1 aliphatic heterocycles. The lowest BCUT2D eigenvalue weighted by Crippen LogP contribution is -2.40. The van der Waals surface area contributed by atoms with Gasteiger partial charge in [-0.15, -0.1) is 11.8 Å². The number of hydrogen-bond donors (Lipinski definition) is 0. The maximum Gasteiger partial charge on any atom is 0.246 e. The van der Waals surface area contributed by atoms with Gasteiger partial charge in [0.05, 0.1) is 11.9 Å². The SMILES string of the molecule is C=CC(=O)N1Cc2ccccc2SC(c2ccccc2)(c2cccc(OC)c2)C1. The van der Waals surface area contributed by atoms with E-state index < -0.39 is 4.75 Å². The van der Waals surface area contributed by atoms with Gasteiger partial charge in [0.15, 0.2) is 0 Å². The Bertz CT molecular complexity index is 1030. The predicted octanol–water partition coefficient (Wildman–Crippen LogP) is 5.26. The van der Waals surface area contributed by atoms with Crippen LogP contribution in [0.25, 0.3) is 0 Å². The number of methoxy groups -OCH3 is 1. The fourth-order valence-electron chi connectivity index (χ4n) is 3.82. The average molecular weight is 402 g/mol. The summed E-state index contributed by atoms with van der Waals surface area (Å²) in [6, 6.07) is 26.9. The first-order chi connectivity index (χ1) is 14.2. The van der Waals surface area contributed by atoms with Gasteiger partial charge < -0.3 is 9.64 Å². The molecule has 1 aliphatic rings. The summed E-state index contributed by atoms with van der Waals surface area (Å²) in [7, 11) is 1.68. The van der Waals surface area contributed by atoms with Crippen LogP contribution < -0.4 is 4.74 Å². The Morgan fingerprint density at radius 1 is 1.03 bits per heavy atom. The molecule has 4 rings (SSSR count). The summed E-state index contributed by atoms with van der Waals surface area (Å²) in [6.45, 7) is 4.82. The molecule has 3 aromatic rings. The van der Waals surface area contributed by atoms with Crippen LogP contribution in [0.1, 0.15) is 16.7 Å². The zero-order valence-corrected chi connectivity index (χ0v) is 17.2. The maximum absolute atomic E-state index is 12.8. The largest absolute Gasteiger partial charge is 0.497 e. The molecule has 3 nitrogen and oxygen atoms in total. The highest BCUT2D eigenvalue weighted by Gasteiger charge is 2.41. The summed E-state index contributed by atoms with van der Waals surface area (Å²) < 4.78 is 5.05. The molecule has 1 heterocycles. The van der Waals surface area contributed by atoms with E-state index in [4.69, 9.17) is 4.74 Å². The third-order valence-corrected chi connectivity index (χ3v) is 6.86. The van der Waals surface area contributed by atoms with Gasteiger partial charge in [-0.3, -0.25) is 4.79 Å². The van der Waals surface area contributed by atoms with Crippen molar-refractivity contribution in [2.75, 3.05) is 13.7 Å². The Morgan fingerprint density at radius 3 is 2.52 bits per heavy atom. The minimum atomic E-state index is -0.471. The van der Waals surface area contributed by atoms with E-state index in [0.29, 0.717) is 13.1 Å². The second-order valence-corrected chi connectivity index (χ2v) is 8.37. The Morgan fingerprint density at radius 2 is 1.76 bits per heavy atom. The van der Waals surface area contributed by atoms with E-state index in [9.17, 15) is 4.79 Å². The van der Waals surface area contributed by atoms with E-state index in [1.54, 1.807) is 18.9 Å². The van der Waals surface area contributed by atoms with Crippen molar-refractivity contribution in [1.29, 1.82) is 0 Å². The van der Waals surface area contributed by atoms with Gasteiger partial charge in [-0.1, -0.05) is 67.2 Å². The van der Waals surface area contributed by atoms with Crippen molar-refractivity contribution in [1.82, 2.24) is 4.90 Å². The van der Waals surface area contributed by atoms with Crippen molar-refractivity contribution in [2.24, 2.45) is 0 Å². The molecule has 4 heteroatoms. The van der Waals surface area contributed by atoms with E-state index in [2.05, 4.69) is 49.0 Å². The topological polar surface area (TPSA) is 29.5 Å². The van der Waals surface area contributed by atoms with Gasteiger partial charge in [0.2, 0.25) is 5.91 Å². The molecule has 0 bridgehead atoms. The summed E-state index contributed by atoms with van der Waals surface area (Å²) in [5.41, 5.74) is 3.40. The summed E-state index contributed by atoms with van der Waals surface area (Å²) in [5, 5.41) is 0. The van der Waals surface area contributed by atoms with Gasteiger partial charge in [-0.05, 0) is 41.0 Å². The molecule has 0 spiro atoms. The van der Waals surface area contributed by atoms with Crippen LogP contribution >= 0.6 is 11.8 Å². The fourth-order valence-corrected chi connectivity index (χ4v) is 5.32. The first-order valence-electron chi connectivity index (χ1n) is 9.54. The molecule has 0 saturated heterocycles. The van der Waals surface area contributed by atoms with E-state index in [0.717, 1.165) is 22.4 Å². The van der Waals surface area contributed by atoms with E-state index in [1.165, 1.54) is 11.0 Å². The van der Waals surface area contributed by atoms with Crippen LogP contribution in [0.4, 0.5) is 0 Å². The summed E-state index contributed by atoms with van der Waals surface area (Å²) >= 11 is 1.80. The Kier molecular flexibility index (Phi) is 5.45. The van der Waals surface area contributed by atoms with Crippen molar-refractivity contribution in [3.63, 3.8) is 0 Å². The van der Waals surface area contributed by atoms with Crippen LogP contribution in [-0.2, 0) is 16.1 Å². The van der Waals surface area contributed by atoms with Crippen LogP contribution in [0, 0.1) is 0 Å². The highest BCUT2D eigenvalue weighted by atomic mass is 32.2. The van der Waals surface area contributed by atoms with Crippen LogP contribution in [0.5, 0.6) is 5.75 Å². The lowest BCUT2D eigenvalue weighted by Gasteiger charge is -2.36. The molecule has 3 aromatic carbocycles. The average Bonchev–Trinajstić information content (AvgIpc) is 2.97. The molecular formula is C25H23NO2S. The highest BCUT2D eigenvalue weighted by Crippen LogP contribution is 2.50. The molecule has 146 valence electrons. The molecular weight excluding hydrogens is 378 g/mol. The molecule has 0 aliphatic carbocycles. The Balaban J connectivity index is 1.97. The molecule has 1 amide bonds. The van der Waals surface area contributed by atoms with Crippen LogP contribution in [-0.4, -0.2) is 24.5 Å². The van der Waals surface area contributed by atoms with Crippen molar-refractivity contribution in [3.8, 4) is 5.75 Å². The monoisotopic (exact) mass is 401 g/mol. The first kappa shape index (κ1) is 19.3. The van der Waals surface area contributed by atoms with E-state index >= 15 is 0 Å². The summed E-state index contributed by atoms with van der Waals surface area (Å²) in [4.78, 5) is 15.8. The number of fused-ring (bicyclic) bond motifs is 1. The summed E-state index contributed by atoms with van der Waals surface area (Å²) in [5.74, 6) is 0.739. The normalized spacial score (nSPS) is 18.4. The number of amides is 1. The number of thioether (sulfide) groups is 1. The lowest BCUT2D eigenvalue weighted by molar-refractivity contribution is -0.126. The molecule has 29 heavy (non-hydrogen) atoms. The second kappa shape index (κ2) is 8.18. The third kappa shape index (κ3) is 3.68. The Labute approximate surface area is 176 Å². The van der Waals surface area contributed by atoms with Gasteiger partial charge in [0, 0.05) is 18.0 Å². The van der Waals surface area contributed by atoms with Crippen LogP contribution in [0.15, 0.2) is 96.4 Å². The van der Waals surface area contributed by atoms with Gasteiger partial charge in [-0.25, -0.2) is 0 Å². The predicted molar refractivity (Wildman–Crippen MR) is 118 cm³/mol. The third-order valence-electron chi connectivity index (χ3n) is 5.29. The molecule has 0 aromatic heterocycles. The molecule has 1 atom stereocenters. The van der Waals surface area contributed by atoms with Gasteiger partial charge in [0.1, 0.15) is 5.75 Å². The Hall–Kier alpha value is -2.98. The molecule has 0 fully saturated rings. The van der Waals surface area contributed by atoms with Crippen molar-refractivity contribution >= 4 is 17.7 Å². The molecule has 1 unspecified atom stereocenters. The minimum Gasteiger partial charge on any atom is -0.497 e. The van der Waals surface area contributed by atoms with Crippen molar-refractivity contribution < 1.29 is 9.53 Å². The van der Waals surface area contributed by atoms with Crippen LogP contribution in [0.3, 0.4) is 0 Å². The standard InChI is InChI=1S/C25H23NO2S/c1-3-24(27)26-17-19-10-7-8-15-23(19)29-25(18-26,20-11-5-4-6-12-20)21-13-9-14-22(16-21)28-2/h3-16H,1,17-18H2,2H3. The number of rotatable bonds is 4. The molecule has 0 N–H and O–H groups in total. The molecule has 0 radical (unpaired) electrons. The first-order valence-corrected chi connectivity index (χ1v) is 10.4. The van der Waals surface area contributed by atoms with E-state index in [1.807, 2.05) is 41.3 Å². The van der Waals surface area contributed by atoms with Gasteiger partial charge in [0.25, 0.3) is 0 Å². The van der Waals surface area contributed by atoms with E-state index in [-0.39, 0.29) is 5.91 Å².